The van der Waals surface area contributed by atoms with Crippen LogP contribution in [-0.2, 0) is 9.47 Å². The third kappa shape index (κ3) is 3.71. The van der Waals surface area contributed by atoms with E-state index in [4.69, 9.17) is 14.2 Å². The van der Waals surface area contributed by atoms with E-state index in [0.717, 1.165) is 52.2 Å². The molecule has 0 N–H and O–H groups in total. The van der Waals surface area contributed by atoms with Gasteiger partial charge in [0.25, 0.3) is 0 Å². The van der Waals surface area contributed by atoms with Crippen LogP contribution in [0.25, 0.3) is 0 Å². The molecular weight excluding hydrogens is 306 g/mol. The van der Waals surface area contributed by atoms with Crippen LogP contribution < -0.4 is 4.74 Å². The first-order valence-electron chi connectivity index (χ1n) is 9.18. The summed E-state index contributed by atoms with van der Waals surface area (Å²) in [5, 5.41) is 0. The van der Waals surface area contributed by atoms with Gasteiger partial charge in [-0.1, -0.05) is 0 Å². The Kier molecular flexibility index (Phi) is 4.96. The van der Waals surface area contributed by atoms with Crippen LogP contribution in [0.15, 0.2) is 18.6 Å². The van der Waals surface area contributed by atoms with Gasteiger partial charge in [-0.3, -0.25) is 9.88 Å². The smallest absolute Gasteiger partial charge is 0.232 e. The van der Waals surface area contributed by atoms with E-state index in [0.29, 0.717) is 24.4 Å². The van der Waals surface area contributed by atoms with E-state index in [1.54, 1.807) is 18.6 Å². The second kappa shape index (κ2) is 7.33. The van der Waals surface area contributed by atoms with E-state index in [1.807, 2.05) is 0 Å². The summed E-state index contributed by atoms with van der Waals surface area (Å²) in [7, 11) is 0. The molecule has 0 bridgehead atoms. The molecule has 0 unspecified atom stereocenters. The molecule has 0 amide bonds. The largest absolute Gasteiger partial charge is 0.477 e. The monoisotopic (exact) mass is 333 g/mol. The van der Waals surface area contributed by atoms with Crippen molar-refractivity contribution in [2.75, 3.05) is 39.5 Å². The first-order chi connectivity index (χ1) is 11.8. The molecule has 1 aromatic heterocycles. The zero-order valence-electron chi connectivity index (χ0n) is 14.2. The Morgan fingerprint density at radius 1 is 1.17 bits per heavy atom. The third-order valence-corrected chi connectivity index (χ3v) is 5.60. The van der Waals surface area contributed by atoms with Gasteiger partial charge in [-0.25, -0.2) is 4.98 Å². The maximum Gasteiger partial charge on any atom is 0.232 e. The lowest BCUT2D eigenvalue weighted by Crippen LogP contribution is -2.68. The molecule has 6 heteroatoms. The lowest BCUT2D eigenvalue weighted by atomic mass is 9.78. The van der Waals surface area contributed by atoms with Crippen LogP contribution in [0.4, 0.5) is 0 Å². The summed E-state index contributed by atoms with van der Waals surface area (Å²) >= 11 is 0. The minimum atomic E-state index is 0.105. The first-order valence-corrected chi connectivity index (χ1v) is 9.18. The summed E-state index contributed by atoms with van der Waals surface area (Å²) in [4.78, 5) is 10.8. The Bertz CT molecular complexity index is 516. The number of rotatable bonds is 5. The molecule has 3 saturated heterocycles. The lowest BCUT2D eigenvalue weighted by molar-refractivity contribution is -0.195. The van der Waals surface area contributed by atoms with Gasteiger partial charge < -0.3 is 14.2 Å². The fourth-order valence-electron chi connectivity index (χ4n) is 4.29. The van der Waals surface area contributed by atoms with Crippen LogP contribution in [0, 0.1) is 5.92 Å². The molecule has 6 nitrogen and oxygen atoms in total. The van der Waals surface area contributed by atoms with Gasteiger partial charge >= 0.3 is 0 Å². The lowest BCUT2D eigenvalue weighted by Gasteiger charge is -2.56. The van der Waals surface area contributed by atoms with Crippen molar-refractivity contribution < 1.29 is 14.2 Å². The van der Waals surface area contributed by atoms with Gasteiger partial charge in [-0.05, 0) is 38.0 Å². The van der Waals surface area contributed by atoms with Crippen molar-refractivity contribution in [3.05, 3.63) is 18.6 Å². The average molecular weight is 333 g/mol. The van der Waals surface area contributed by atoms with E-state index < -0.39 is 0 Å². The number of aromatic nitrogens is 2. The van der Waals surface area contributed by atoms with Crippen molar-refractivity contribution in [2.24, 2.45) is 5.92 Å². The zero-order valence-corrected chi connectivity index (χ0v) is 14.2. The van der Waals surface area contributed by atoms with Crippen LogP contribution in [0.2, 0.25) is 0 Å². The number of ether oxygens (including phenoxy) is 3. The molecule has 0 radical (unpaired) electrons. The summed E-state index contributed by atoms with van der Waals surface area (Å²) in [6.45, 7) is 5.62. The number of likely N-dealkylation sites (tertiary alicyclic amines) is 1. The molecule has 0 saturated carbocycles. The molecule has 3 aliphatic heterocycles. The standard InChI is InChI=1S/C18H27N3O3/c1(9-23-17-12-19-5-6-20-17)15-2-10-24-18(11-15)13-21(14-18)16-3-7-22-8-4-16/h5-6,12,15-16H,1-4,7-11,13-14H2/t15-/m0/s1. The van der Waals surface area contributed by atoms with Crippen molar-refractivity contribution in [2.45, 2.75) is 43.7 Å². The highest BCUT2D eigenvalue weighted by atomic mass is 16.5. The molecule has 3 fully saturated rings. The van der Waals surface area contributed by atoms with Gasteiger partial charge in [0, 0.05) is 51.3 Å². The molecular formula is C18H27N3O3. The van der Waals surface area contributed by atoms with Crippen LogP contribution in [0.5, 0.6) is 5.88 Å². The Balaban J connectivity index is 1.21. The van der Waals surface area contributed by atoms with Gasteiger partial charge in [-0.2, -0.15) is 0 Å². The van der Waals surface area contributed by atoms with Crippen LogP contribution in [-0.4, -0.2) is 66.0 Å². The molecule has 1 atom stereocenters. The maximum absolute atomic E-state index is 6.18. The highest BCUT2D eigenvalue weighted by Crippen LogP contribution is 2.40. The normalized spacial score (nSPS) is 27.8. The number of nitrogens with zero attached hydrogens (tertiary/aromatic N) is 3. The van der Waals surface area contributed by atoms with Crippen molar-refractivity contribution in [3.8, 4) is 5.88 Å². The second-order valence-corrected chi connectivity index (χ2v) is 7.32. The van der Waals surface area contributed by atoms with Crippen LogP contribution in [0.1, 0.15) is 32.1 Å². The molecule has 1 aromatic rings. The molecule has 4 heterocycles. The van der Waals surface area contributed by atoms with Gasteiger partial charge in [0.15, 0.2) is 0 Å². The topological polar surface area (TPSA) is 56.7 Å². The molecule has 3 aliphatic rings. The highest BCUT2D eigenvalue weighted by molar-refractivity contribution is 5.03. The summed E-state index contributed by atoms with van der Waals surface area (Å²) in [6, 6.07) is 0.702. The van der Waals surface area contributed by atoms with Gasteiger partial charge in [-0.15, -0.1) is 0 Å². The van der Waals surface area contributed by atoms with Gasteiger partial charge in [0.05, 0.1) is 18.4 Å². The Morgan fingerprint density at radius 3 is 2.83 bits per heavy atom. The molecule has 0 aliphatic carbocycles. The fraction of sp³-hybridized carbons (Fsp3) is 0.778. The zero-order chi connectivity index (χ0) is 16.2. The molecule has 1 spiro atoms. The van der Waals surface area contributed by atoms with Crippen LogP contribution >= 0.6 is 0 Å². The minimum absolute atomic E-state index is 0.105. The highest BCUT2D eigenvalue weighted by Gasteiger charge is 2.49. The Labute approximate surface area is 143 Å². The predicted octanol–water partition coefficient (Wildman–Crippen LogP) is 1.91. The average Bonchev–Trinajstić information content (AvgIpc) is 2.61. The summed E-state index contributed by atoms with van der Waals surface area (Å²) in [6.07, 6.45) is 10.7. The molecule has 0 aromatic carbocycles. The summed E-state index contributed by atoms with van der Waals surface area (Å²) in [5.41, 5.74) is 0.105. The predicted molar refractivity (Wildman–Crippen MR) is 89.0 cm³/mol. The van der Waals surface area contributed by atoms with Crippen molar-refractivity contribution in [1.29, 1.82) is 0 Å². The van der Waals surface area contributed by atoms with Crippen molar-refractivity contribution in [1.82, 2.24) is 14.9 Å². The van der Waals surface area contributed by atoms with E-state index in [2.05, 4.69) is 14.9 Å². The Hall–Kier alpha value is -1.24. The molecule has 4 rings (SSSR count). The maximum atomic E-state index is 6.18. The summed E-state index contributed by atoms with van der Waals surface area (Å²) in [5.74, 6) is 1.31. The van der Waals surface area contributed by atoms with Crippen LogP contribution in [0.3, 0.4) is 0 Å². The quantitative estimate of drug-likeness (QED) is 0.820. The SMILES string of the molecule is c1cnc(OCC[C@H]2CCOC3(C2)CN(C2CCOCC2)C3)cn1. The number of hydrogen-bond acceptors (Lipinski definition) is 6. The van der Waals surface area contributed by atoms with E-state index in [-0.39, 0.29) is 5.60 Å². The number of hydrogen-bond donors (Lipinski definition) is 0. The fourth-order valence-corrected chi connectivity index (χ4v) is 4.29. The molecule has 24 heavy (non-hydrogen) atoms. The Morgan fingerprint density at radius 2 is 2.04 bits per heavy atom. The van der Waals surface area contributed by atoms with E-state index in [9.17, 15) is 0 Å². The molecule has 132 valence electrons. The van der Waals surface area contributed by atoms with Gasteiger partial charge in [0.1, 0.15) is 0 Å². The second-order valence-electron chi connectivity index (χ2n) is 7.32. The van der Waals surface area contributed by atoms with E-state index >= 15 is 0 Å². The first kappa shape index (κ1) is 16.2. The van der Waals surface area contributed by atoms with Crippen molar-refractivity contribution >= 4 is 0 Å². The van der Waals surface area contributed by atoms with Crippen molar-refractivity contribution in [3.63, 3.8) is 0 Å². The van der Waals surface area contributed by atoms with E-state index in [1.165, 1.54) is 12.8 Å². The summed E-state index contributed by atoms with van der Waals surface area (Å²) < 4.78 is 17.4. The van der Waals surface area contributed by atoms with Gasteiger partial charge in [0.2, 0.25) is 5.88 Å². The minimum Gasteiger partial charge on any atom is -0.477 e. The third-order valence-electron chi connectivity index (χ3n) is 5.60.